The SMILES string of the molecule is [C-]#[N+]/C(=C\c1ccc2c(c1)C(CCCCCCCC)(CCCCCCCC)c1cc(/C=C(/C)C#N)ccc1-2)c1cc(OCC(CC)CCCC)c(C)cc1OC. The van der Waals surface area contributed by atoms with Crippen molar-refractivity contribution in [2.45, 2.75) is 163 Å². The Morgan fingerprint density at radius 3 is 1.82 bits per heavy atom. The molecule has 1 unspecified atom stereocenters. The zero-order chi connectivity index (χ0) is 40.3. The van der Waals surface area contributed by atoms with E-state index < -0.39 is 0 Å². The first-order chi connectivity index (χ1) is 27.3. The van der Waals surface area contributed by atoms with Crippen LogP contribution in [0.2, 0.25) is 0 Å². The first kappa shape index (κ1) is 44.4. The van der Waals surface area contributed by atoms with Crippen molar-refractivity contribution < 1.29 is 9.47 Å². The number of hydrogen-bond donors (Lipinski definition) is 0. The molecule has 0 saturated heterocycles. The molecular weight excluding hydrogens is 685 g/mol. The van der Waals surface area contributed by atoms with E-state index in [1.807, 2.05) is 31.2 Å². The van der Waals surface area contributed by atoms with E-state index in [2.05, 4.69) is 81.9 Å². The molecule has 3 aromatic rings. The minimum Gasteiger partial charge on any atom is -0.497 e. The van der Waals surface area contributed by atoms with Gasteiger partial charge in [-0.25, -0.2) is 4.85 Å². The number of unbranched alkanes of at least 4 members (excludes halogenated alkanes) is 11. The summed E-state index contributed by atoms with van der Waals surface area (Å²) < 4.78 is 12.4. The van der Waals surface area contributed by atoms with Crippen molar-refractivity contribution >= 4 is 17.8 Å². The monoisotopic (exact) mass is 755 g/mol. The van der Waals surface area contributed by atoms with E-state index in [9.17, 15) is 5.26 Å². The zero-order valence-corrected chi connectivity index (χ0v) is 36.0. The van der Waals surface area contributed by atoms with Gasteiger partial charge in [-0.15, -0.1) is 0 Å². The van der Waals surface area contributed by atoms with Crippen molar-refractivity contribution in [3.8, 4) is 28.7 Å². The van der Waals surface area contributed by atoms with Crippen LogP contribution in [0.4, 0.5) is 0 Å². The average Bonchev–Trinajstić information content (AvgIpc) is 3.47. The van der Waals surface area contributed by atoms with E-state index in [0.717, 1.165) is 52.8 Å². The standard InChI is InChI=1S/C52H70N2O2/c1-9-13-16-18-20-22-29-52(30-23-21-19-17-14-10-2)47-33-42(31-39(5)37-53)25-27-44(47)45-28-26-43(34-48(45)52)35-49(54-7)46-36-50(40(6)32-51(46)55-8)56-38-41(12-4)24-15-11-3/h25-28,31-36,41H,9-24,29-30,38H2,1-6,8H3/b39-31-,49-35-. The highest BCUT2D eigenvalue weighted by Gasteiger charge is 2.42. The Morgan fingerprint density at radius 2 is 1.30 bits per heavy atom. The fraction of sp³-hybridized carbons (Fsp3) is 0.538. The number of methoxy groups -OCH3 is 1. The Morgan fingerprint density at radius 1 is 0.750 bits per heavy atom. The summed E-state index contributed by atoms with van der Waals surface area (Å²) in [6, 6.07) is 20.1. The Bertz CT molecular complexity index is 1840. The summed E-state index contributed by atoms with van der Waals surface area (Å²) >= 11 is 0. The Balaban J connectivity index is 1.80. The second-order valence-electron chi connectivity index (χ2n) is 16.4. The number of nitrogens with zero attached hydrogens (tertiary/aromatic N) is 2. The summed E-state index contributed by atoms with van der Waals surface area (Å²) in [6.45, 7) is 22.1. The molecule has 0 amide bonds. The van der Waals surface area contributed by atoms with E-state index in [1.165, 1.54) is 119 Å². The molecule has 0 N–H and O–H groups in total. The molecule has 0 saturated carbocycles. The molecule has 1 aliphatic rings. The summed E-state index contributed by atoms with van der Waals surface area (Å²) in [5, 5.41) is 9.64. The van der Waals surface area contributed by atoms with Gasteiger partial charge in [0.2, 0.25) is 0 Å². The maximum atomic E-state index is 9.64. The number of benzene rings is 3. The Hall–Kier alpha value is -4.28. The molecule has 0 bridgehead atoms. The lowest BCUT2D eigenvalue weighted by atomic mass is 9.70. The van der Waals surface area contributed by atoms with Gasteiger partial charge in [-0.05, 0) is 102 Å². The molecule has 0 aliphatic heterocycles. The number of fused-ring (bicyclic) bond motifs is 3. The fourth-order valence-electron chi connectivity index (χ4n) is 8.69. The number of aryl methyl sites for hydroxylation is 1. The minimum atomic E-state index is -0.122. The number of rotatable bonds is 25. The van der Waals surface area contributed by atoms with E-state index in [-0.39, 0.29) is 5.41 Å². The largest absolute Gasteiger partial charge is 0.497 e. The quantitative estimate of drug-likeness (QED) is 0.0374. The van der Waals surface area contributed by atoms with Crippen LogP contribution in [0.3, 0.4) is 0 Å². The highest BCUT2D eigenvalue weighted by Crippen LogP contribution is 2.55. The van der Waals surface area contributed by atoms with E-state index in [1.54, 1.807) is 7.11 Å². The molecule has 56 heavy (non-hydrogen) atoms. The summed E-state index contributed by atoms with van der Waals surface area (Å²) in [6.07, 6.45) is 26.1. The van der Waals surface area contributed by atoms with Gasteiger partial charge >= 0.3 is 0 Å². The summed E-state index contributed by atoms with van der Waals surface area (Å²) in [7, 11) is 1.69. The van der Waals surface area contributed by atoms with Crippen LogP contribution >= 0.6 is 0 Å². The molecule has 0 fully saturated rings. The summed E-state index contributed by atoms with van der Waals surface area (Å²) in [5.74, 6) is 2.03. The van der Waals surface area contributed by atoms with Gasteiger partial charge in [-0.2, -0.15) is 5.26 Å². The van der Waals surface area contributed by atoms with Crippen LogP contribution in [0.15, 0.2) is 54.1 Å². The summed E-state index contributed by atoms with van der Waals surface area (Å²) in [5.41, 5.74) is 10.5. The highest BCUT2D eigenvalue weighted by atomic mass is 16.5. The number of allylic oxidation sites excluding steroid dienone is 1. The number of nitriles is 1. The van der Waals surface area contributed by atoms with Crippen LogP contribution in [0.1, 0.15) is 184 Å². The van der Waals surface area contributed by atoms with E-state index >= 15 is 0 Å². The normalized spacial score (nSPS) is 13.8. The first-order valence-electron chi connectivity index (χ1n) is 22.1. The Labute approximate surface area is 341 Å². The summed E-state index contributed by atoms with van der Waals surface area (Å²) in [4.78, 5) is 4.11. The molecule has 0 aromatic heterocycles. The zero-order valence-electron chi connectivity index (χ0n) is 36.0. The fourth-order valence-corrected chi connectivity index (χ4v) is 8.69. The van der Waals surface area contributed by atoms with Crippen molar-refractivity contribution in [1.82, 2.24) is 0 Å². The molecular formula is C52H70N2O2. The van der Waals surface area contributed by atoms with Crippen LogP contribution in [-0.2, 0) is 5.41 Å². The van der Waals surface area contributed by atoms with Crippen LogP contribution in [-0.4, -0.2) is 13.7 Å². The van der Waals surface area contributed by atoms with Crippen molar-refractivity contribution in [3.05, 3.63) is 98.9 Å². The first-order valence-corrected chi connectivity index (χ1v) is 22.1. The second-order valence-corrected chi connectivity index (χ2v) is 16.4. The maximum absolute atomic E-state index is 9.64. The van der Waals surface area contributed by atoms with Gasteiger partial charge in [0.05, 0.1) is 26.4 Å². The molecule has 1 aliphatic carbocycles. The third-order valence-electron chi connectivity index (χ3n) is 12.1. The lowest BCUT2D eigenvalue weighted by molar-refractivity contribution is 0.232. The van der Waals surface area contributed by atoms with Crippen molar-refractivity contribution in [3.63, 3.8) is 0 Å². The molecule has 300 valence electrons. The van der Waals surface area contributed by atoms with Gasteiger partial charge in [0, 0.05) is 16.6 Å². The maximum Gasteiger partial charge on any atom is 0.198 e. The smallest absolute Gasteiger partial charge is 0.198 e. The molecule has 3 aromatic carbocycles. The molecule has 0 radical (unpaired) electrons. The lowest BCUT2D eigenvalue weighted by Gasteiger charge is -2.33. The molecule has 0 spiro atoms. The molecule has 0 heterocycles. The number of ether oxygens (including phenoxy) is 2. The predicted molar refractivity (Wildman–Crippen MR) is 239 cm³/mol. The van der Waals surface area contributed by atoms with Gasteiger partial charge in [-0.1, -0.05) is 160 Å². The molecule has 4 heteroatoms. The highest BCUT2D eigenvalue weighted by molar-refractivity contribution is 5.90. The third kappa shape index (κ3) is 11.6. The van der Waals surface area contributed by atoms with Gasteiger partial charge < -0.3 is 9.47 Å². The van der Waals surface area contributed by atoms with E-state index in [4.69, 9.17) is 16.0 Å². The molecule has 4 rings (SSSR count). The predicted octanol–water partition coefficient (Wildman–Crippen LogP) is 15.7. The topological polar surface area (TPSA) is 46.6 Å². The van der Waals surface area contributed by atoms with Crippen LogP contribution in [0, 0.1) is 30.7 Å². The van der Waals surface area contributed by atoms with E-state index in [0.29, 0.717) is 24.0 Å². The van der Waals surface area contributed by atoms with Gasteiger partial charge in [-0.3, -0.25) is 0 Å². The van der Waals surface area contributed by atoms with Crippen molar-refractivity contribution in [2.75, 3.05) is 13.7 Å². The third-order valence-corrected chi connectivity index (χ3v) is 12.1. The van der Waals surface area contributed by atoms with Crippen LogP contribution in [0.5, 0.6) is 11.5 Å². The van der Waals surface area contributed by atoms with Crippen LogP contribution < -0.4 is 9.47 Å². The van der Waals surface area contributed by atoms with Gasteiger partial charge in [0.1, 0.15) is 11.5 Å². The van der Waals surface area contributed by atoms with Crippen LogP contribution in [0.25, 0.3) is 33.8 Å². The average molecular weight is 755 g/mol. The molecule has 4 nitrogen and oxygen atoms in total. The van der Waals surface area contributed by atoms with Gasteiger partial charge in [0.15, 0.2) is 5.70 Å². The molecule has 1 atom stereocenters. The second kappa shape index (κ2) is 23.1. The van der Waals surface area contributed by atoms with Crippen molar-refractivity contribution in [1.29, 1.82) is 5.26 Å². The lowest BCUT2D eigenvalue weighted by Crippen LogP contribution is -2.25. The Kier molecular flexibility index (Phi) is 18.3. The minimum absolute atomic E-state index is 0.122. The number of hydrogen-bond acceptors (Lipinski definition) is 3. The van der Waals surface area contributed by atoms with Crippen molar-refractivity contribution in [2.24, 2.45) is 5.92 Å². The van der Waals surface area contributed by atoms with Gasteiger partial charge in [0.25, 0.3) is 0 Å².